The van der Waals surface area contributed by atoms with Crippen molar-refractivity contribution in [3.05, 3.63) is 29.3 Å². The van der Waals surface area contributed by atoms with Crippen LogP contribution in [0.5, 0.6) is 0 Å². The van der Waals surface area contributed by atoms with E-state index >= 15 is 0 Å². The predicted molar refractivity (Wildman–Crippen MR) is 65.1 cm³/mol. The molecule has 1 aromatic rings. The molecule has 0 radical (unpaired) electrons. The Morgan fingerprint density at radius 1 is 1.47 bits per heavy atom. The molecule has 17 heavy (non-hydrogen) atoms. The lowest BCUT2D eigenvalue weighted by Gasteiger charge is -2.10. The van der Waals surface area contributed by atoms with Crippen molar-refractivity contribution in [1.82, 2.24) is 5.32 Å². The average molecular weight is 236 g/mol. The maximum absolute atomic E-state index is 11.8. The lowest BCUT2D eigenvalue weighted by atomic mass is 10.1. The van der Waals surface area contributed by atoms with Gasteiger partial charge in [0.25, 0.3) is 5.91 Å². The van der Waals surface area contributed by atoms with E-state index in [1.165, 1.54) is 0 Å². The van der Waals surface area contributed by atoms with Crippen LogP contribution in [0.15, 0.2) is 18.2 Å². The fourth-order valence-electron chi connectivity index (χ4n) is 1.46. The van der Waals surface area contributed by atoms with Crippen molar-refractivity contribution in [2.75, 3.05) is 25.6 Å². The van der Waals surface area contributed by atoms with E-state index in [1.807, 2.05) is 0 Å². The molecule has 1 aromatic carbocycles. The number of carbonyl (C=O) groups excluding carboxylic acids is 2. The van der Waals surface area contributed by atoms with Crippen LogP contribution in [-0.2, 0) is 9.53 Å². The molecule has 0 aliphatic rings. The number of methoxy groups -OCH3 is 1. The molecule has 2 amide bonds. The van der Waals surface area contributed by atoms with Gasteiger partial charge >= 0.3 is 0 Å². The van der Waals surface area contributed by atoms with Gasteiger partial charge in [0, 0.05) is 24.9 Å². The lowest BCUT2D eigenvalue weighted by Crippen LogP contribution is -2.27. The Labute approximate surface area is 100 Å². The van der Waals surface area contributed by atoms with Crippen LogP contribution < -0.4 is 10.6 Å². The third-order valence-corrected chi connectivity index (χ3v) is 2.38. The van der Waals surface area contributed by atoms with Gasteiger partial charge in [-0.1, -0.05) is 6.07 Å². The summed E-state index contributed by atoms with van der Waals surface area (Å²) in [6.07, 6.45) is 0.592. The first-order chi connectivity index (χ1) is 8.20. The number of hydrogen-bond donors (Lipinski definition) is 2. The zero-order chi connectivity index (χ0) is 12.7. The number of nitrogens with one attached hydrogen (secondary N) is 2. The van der Waals surface area contributed by atoms with E-state index < -0.39 is 0 Å². The second-order valence-corrected chi connectivity index (χ2v) is 3.49. The van der Waals surface area contributed by atoms with Gasteiger partial charge in [-0.05, 0) is 24.6 Å². The zero-order valence-corrected chi connectivity index (χ0v) is 9.95. The summed E-state index contributed by atoms with van der Waals surface area (Å²) >= 11 is 0. The highest BCUT2D eigenvalue weighted by atomic mass is 16.5. The van der Waals surface area contributed by atoms with Crippen LogP contribution in [0.4, 0.5) is 5.69 Å². The van der Waals surface area contributed by atoms with Gasteiger partial charge in [-0.25, -0.2) is 0 Å². The van der Waals surface area contributed by atoms with Crippen molar-refractivity contribution in [1.29, 1.82) is 0 Å². The molecule has 0 aliphatic heterocycles. The molecule has 0 aromatic heterocycles. The first-order valence-electron chi connectivity index (χ1n) is 5.27. The van der Waals surface area contributed by atoms with Gasteiger partial charge in [-0.3, -0.25) is 9.59 Å². The van der Waals surface area contributed by atoms with Gasteiger partial charge in [0.1, 0.15) is 0 Å². The predicted octanol–water partition coefficient (Wildman–Crippen LogP) is 0.940. The molecule has 0 aliphatic carbocycles. The summed E-state index contributed by atoms with van der Waals surface area (Å²) in [7, 11) is 1.58. The van der Waals surface area contributed by atoms with Gasteiger partial charge in [-0.15, -0.1) is 0 Å². The van der Waals surface area contributed by atoms with Crippen molar-refractivity contribution < 1.29 is 14.3 Å². The summed E-state index contributed by atoms with van der Waals surface area (Å²) in [5.74, 6) is -0.172. The molecule has 0 saturated heterocycles. The Hall–Kier alpha value is -1.88. The number of anilines is 1. The molecular weight excluding hydrogens is 220 g/mol. The molecule has 0 atom stereocenters. The molecule has 0 spiro atoms. The monoisotopic (exact) mass is 236 g/mol. The fourth-order valence-corrected chi connectivity index (χ4v) is 1.46. The highest BCUT2D eigenvalue weighted by Gasteiger charge is 2.10. The largest absolute Gasteiger partial charge is 0.383 e. The smallest absolute Gasteiger partial charge is 0.251 e. The molecule has 0 heterocycles. The summed E-state index contributed by atoms with van der Waals surface area (Å²) in [5.41, 5.74) is 1.93. The van der Waals surface area contributed by atoms with Gasteiger partial charge in [0.2, 0.25) is 6.41 Å². The minimum atomic E-state index is -0.172. The molecule has 0 saturated carbocycles. The summed E-state index contributed by atoms with van der Waals surface area (Å²) in [4.78, 5) is 22.2. The van der Waals surface area contributed by atoms with E-state index in [0.717, 1.165) is 5.56 Å². The highest BCUT2D eigenvalue weighted by Crippen LogP contribution is 2.18. The van der Waals surface area contributed by atoms with E-state index in [-0.39, 0.29) is 5.91 Å². The second-order valence-electron chi connectivity index (χ2n) is 3.49. The van der Waals surface area contributed by atoms with Crippen LogP contribution in [0.1, 0.15) is 15.9 Å². The minimum absolute atomic E-state index is 0.172. The number of rotatable bonds is 6. The van der Waals surface area contributed by atoms with Crippen molar-refractivity contribution in [3.63, 3.8) is 0 Å². The lowest BCUT2D eigenvalue weighted by molar-refractivity contribution is -0.105. The van der Waals surface area contributed by atoms with Crippen molar-refractivity contribution in [2.45, 2.75) is 6.92 Å². The van der Waals surface area contributed by atoms with Crippen molar-refractivity contribution in [3.8, 4) is 0 Å². The molecule has 5 nitrogen and oxygen atoms in total. The van der Waals surface area contributed by atoms with Gasteiger partial charge in [0.05, 0.1) is 6.61 Å². The van der Waals surface area contributed by atoms with Crippen molar-refractivity contribution >= 4 is 18.0 Å². The topological polar surface area (TPSA) is 67.4 Å². The Bertz CT molecular complexity index is 405. The quantitative estimate of drug-likeness (QED) is 0.570. The Kier molecular flexibility index (Phi) is 5.16. The van der Waals surface area contributed by atoms with Crippen LogP contribution in [0.2, 0.25) is 0 Å². The highest BCUT2D eigenvalue weighted by molar-refractivity contribution is 5.97. The Morgan fingerprint density at radius 2 is 2.24 bits per heavy atom. The summed E-state index contributed by atoms with van der Waals surface area (Å²) < 4.78 is 4.85. The molecule has 1 rings (SSSR count). The summed E-state index contributed by atoms with van der Waals surface area (Å²) in [6.45, 7) is 2.72. The van der Waals surface area contributed by atoms with Crippen LogP contribution in [0, 0.1) is 6.92 Å². The van der Waals surface area contributed by atoms with Crippen molar-refractivity contribution in [2.24, 2.45) is 0 Å². The van der Waals surface area contributed by atoms with E-state index in [1.54, 1.807) is 32.2 Å². The Morgan fingerprint density at radius 3 is 2.88 bits per heavy atom. The molecule has 0 fully saturated rings. The van der Waals surface area contributed by atoms with Gasteiger partial charge in [0.15, 0.2) is 0 Å². The number of benzene rings is 1. The SMILES string of the molecule is COCCNC(=O)c1cccc(NC=O)c1C. The van der Waals surface area contributed by atoms with Crippen LogP contribution in [0.25, 0.3) is 0 Å². The van der Waals surface area contributed by atoms with Gasteiger partial charge in [-0.2, -0.15) is 0 Å². The van der Waals surface area contributed by atoms with E-state index in [9.17, 15) is 9.59 Å². The van der Waals surface area contributed by atoms with E-state index in [0.29, 0.717) is 30.8 Å². The van der Waals surface area contributed by atoms with E-state index in [4.69, 9.17) is 4.74 Å². The summed E-state index contributed by atoms with van der Waals surface area (Å²) in [5, 5.41) is 5.28. The maximum Gasteiger partial charge on any atom is 0.251 e. The zero-order valence-electron chi connectivity index (χ0n) is 9.95. The van der Waals surface area contributed by atoms with Crippen LogP contribution in [0.3, 0.4) is 0 Å². The third-order valence-electron chi connectivity index (χ3n) is 2.38. The standard InChI is InChI=1S/C12H16N2O3/c1-9-10(12(16)13-6-7-17-2)4-3-5-11(9)14-8-15/h3-5,8H,6-7H2,1-2H3,(H,13,16)(H,14,15). The molecule has 92 valence electrons. The molecular formula is C12H16N2O3. The second kappa shape index (κ2) is 6.65. The maximum atomic E-state index is 11.8. The molecule has 0 unspecified atom stereocenters. The number of hydrogen-bond acceptors (Lipinski definition) is 3. The van der Waals surface area contributed by atoms with E-state index in [2.05, 4.69) is 10.6 Å². The number of ether oxygens (including phenoxy) is 1. The van der Waals surface area contributed by atoms with Crippen LogP contribution in [-0.4, -0.2) is 32.6 Å². The average Bonchev–Trinajstić information content (AvgIpc) is 2.32. The molecule has 2 N–H and O–H groups in total. The normalized spacial score (nSPS) is 9.76. The molecule has 5 heteroatoms. The first kappa shape index (κ1) is 13.2. The summed E-state index contributed by atoms with van der Waals surface area (Å²) in [6, 6.07) is 5.19. The Balaban J connectivity index is 2.79. The number of amides is 2. The van der Waals surface area contributed by atoms with Gasteiger partial charge < -0.3 is 15.4 Å². The third kappa shape index (κ3) is 3.57. The molecule has 0 bridgehead atoms. The number of carbonyl (C=O) groups is 2. The minimum Gasteiger partial charge on any atom is -0.383 e. The first-order valence-corrected chi connectivity index (χ1v) is 5.27. The van der Waals surface area contributed by atoms with Crippen LogP contribution >= 0.6 is 0 Å². The fraction of sp³-hybridized carbons (Fsp3) is 0.333.